The topological polar surface area (TPSA) is 24.7 Å². The van der Waals surface area contributed by atoms with E-state index in [9.17, 15) is 0 Å². The highest BCUT2D eigenvalue weighted by Gasteiger charge is 1.98. The lowest BCUT2D eigenvalue weighted by atomic mass is 10.3. The Kier molecular flexibility index (Phi) is 3.54. The molecule has 0 amide bonds. The van der Waals surface area contributed by atoms with Crippen LogP contribution in [0, 0.1) is 0 Å². The fourth-order valence-corrected chi connectivity index (χ4v) is 1.52. The molecule has 0 bridgehead atoms. The van der Waals surface area contributed by atoms with E-state index < -0.39 is 0 Å². The van der Waals surface area contributed by atoms with Gasteiger partial charge in [-0.3, -0.25) is 0 Å². The molecule has 80 valence electrons. The highest BCUT2D eigenvalue weighted by molar-refractivity contribution is 6.33. The molecule has 0 heterocycles. The van der Waals surface area contributed by atoms with E-state index >= 15 is 0 Å². The Morgan fingerprint density at radius 1 is 0.625 bits per heavy atom. The van der Waals surface area contributed by atoms with Crippen LogP contribution in [0.4, 0.5) is 11.4 Å². The van der Waals surface area contributed by atoms with Gasteiger partial charge in [-0.2, -0.15) is 0 Å². The number of benzene rings is 2. The summed E-state index contributed by atoms with van der Waals surface area (Å²) in [4.78, 5) is 0. The number of rotatable bonds is 2. The highest BCUT2D eigenvalue weighted by atomic mass is 35.5. The molecular formula is C12H8Cl2N2. The summed E-state index contributed by atoms with van der Waals surface area (Å²) >= 11 is 11.9. The molecule has 2 nitrogen and oxygen atoms in total. The molecular weight excluding hydrogens is 243 g/mol. The first-order valence-corrected chi connectivity index (χ1v) is 5.44. The van der Waals surface area contributed by atoms with Gasteiger partial charge in [0.1, 0.15) is 11.4 Å². The van der Waals surface area contributed by atoms with Gasteiger partial charge in [-0.25, -0.2) is 0 Å². The van der Waals surface area contributed by atoms with Gasteiger partial charge in [0.15, 0.2) is 0 Å². The van der Waals surface area contributed by atoms with Crippen molar-refractivity contribution in [3.05, 3.63) is 58.6 Å². The van der Waals surface area contributed by atoms with Gasteiger partial charge in [-0.15, -0.1) is 10.2 Å². The number of hydrogen-bond acceptors (Lipinski definition) is 2. The summed E-state index contributed by atoms with van der Waals surface area (Å²) in [5, 5.41) is 9.23. The average Bonchev–Trinajstić information content (AvgIpc) is 2.30. The van der Waals surface area contributed by atoms with Gasteiger partial charge in [0, 0.05) is 0 Å². The van der Waals surface area contributed by atoms with E-state index in [2.05, 4.69) is 10.2 Å². The van der Waals surface area contributed by atoms with Crippen molar-refractivity contribution >= 4 is 34.6 Å². The van der Waals surface area contributed by atoms with Gasteiger partial charge >= 0.3 is 0 Å². The predicted molar refractivity (Wildman–Crippen MR) is 67.1 cm³/mol. The van der Waals surface area contributed by atoms with Gasteiger partial charge < -0.3 is 0 Å². The second-order valence-corrected chi connectivity index (χ2v) is 3.92. The van der Waals surface area contributed by atoms with Crippen molar-refractivity contribution in [3.63, 3.8) is 0 Å². The van der Waals surface area contributed by atoms with E-state index in [-0.39, 0.29) is 0 Å². The van der Waals surface area contributed by atoms with Crippen LogP contribution in [0.25, 0.3) is 0 Å². The van der Waals surface area contributed by atoms with E-state index in [1.807, 2.05) is 24.3 Å². The van der Waals surface area contributed by atoms with E-state index in [0.29, 0.717) is 21.4 Å². The molecule has 0 aliphatic heterocycles. The largest absolute Gasteiger partial charge is 0.149 e. The summed E-state index contributed by atoms with van der Waals surface area (Å²) in [5.74, 6) is 0. The summed E-state index contributed by atoms with van der Waals surface area (Å²) < 4.78 is 0. The van der Waals surface area contributed by atoms with Crippen LogP contribution < -0.4 is 0 Å². The molecule has 2 aromatic carbocycles. The maximum absolute atomic E-state index is 5.94. The summed E-state index contributed by atoms with van der Waals surface area (Å²) in [6.07, 6.45) is 0. The van der Waals surface area contributed by atoms with Crippen LogP contribution in [-0.2, 0) is 0 Å². The maximum Gasteiger partial charge on any atom is 0.104 e. The van der Waals surface area contributed by atoms with Gasteiger partial charge in [0.25, 0.3) is 0 Å². The first kappa shape index (κ1) is 11.1. The molecule has 0 atom stereocenters. The van der Waals surface area contributed by atoms with E-state index in [4.69, 9.17) is 23.2 Å². The molecule has 0 aliphatic rings. The second-order valence-electron chi connectivity index (χ2n) is 3.10. The molecule has 0 unspecified atom stereocenters. The van der Waals surface area contributed by atoms with Crippen LogP contribution in [-0.4, -0.2) is 0 Å². The molecule has 16 heavy (non-hydrogen) atoms. The first-order chi connectivity index (χ1) is 7.77. The SMILES string of the molecule is Clc1ccccc1/N=N/c1ccccc1Cl. The average molecular weight is 251 g/mol. The molecule has 0 spiro atoms. The van der Waals surface area contributed by atoms with Crippen LogP contribution in [0.1, 0.15) is 0 Å². The third kappa shape index (κ3) is 2.60. The Hall–Kier alpha value is -1.38. The van der Waals surface area contributed by atoms with Crippen molar-refractivity contribution in [2.75, 3.05) is 0 Å². The van der Waals surface area contributed by atoms with Crippen molar-refractivity contribution in [3.8, 4) is 0 Å². The minimum absolute atomic E-state index is 0.568. The molecule has 4 heteroatoms. The molecule has 0 fully saturated rings. The van der Waals surface area contributed by atoms with Gasteiger partial charge in [-0.1, -0.05) is 47.5 Å². The number of nitrogens with zero attached hydrogens (tertiary/aromatic N) is 2. The standard InChI is InChI=1S/C12H8Cl2N2/c13-9-5-1-3-7-11(9)15-16-12-8-4-2-6-10(12)14/h1-8H/b16-15+. The quantitative estimate of drug-likeness (QED) is 0.637. The van der Waals surface area contributed by atoms with E-state index in [0.717, 1.165) is 0 Å². The minimum atomic E-state index is 0.568. The number of azo groups is 1. The molecule has 2 rings (SSSR count). The van der Waals surface area contributed by atoms with Crippen LogP contribution >= 0.6 is 23.2 Å². The third-order valence-electron chi connectivity index (χ3n) is 1.97. The zero-order valence-electron chi connectivity index (χ0n) is 8.27. The molecule has 0 saturated carbocycles. The lowest BCUT2D eigenvalue weighted by Gasteiger charge is -1.97. The summed E-state index contributed by atoms with van der Waals surface area (Å²) in [6, 6.07) is 14.5. The van der Waals surface area contributed by atoms with Crippen molar-refractivity contribution < 1.29 is 0 Å². The van der Waals surface area contributed by atoms with Gasteiger partial charge in [0.05, 0.1) is 10.0 Å². The van der Waals surface area contributed by atoms with Gasteiger partial charge in [0.2, 0.25) is 0 Å². The molecule has 0 radical (unpaired) electrons. The normalized spacial score (nSPS) is 10.9. The zero-order valence-corrected chi connectivity index (χ0v) is 9.78. The van der Waals surface area contributed by atoms with Crippen molar-refractivity contribution in [2.24, 2.45) is 10.2 Å². The fraction of sp³-hybridized carbons (Fsp3) is 0. The maximum atomic E-state index is 5.94. The monoisotopic (exact) mass is 250 g/mol. The van der Waals surface area contributed by atoms with Crippen LogP contribution in [0.15, 0.2) is 58.8 Å². The molecule has 0 aliphatic carbocycles. The van der Waals surface area contributed by atoms with Crippen molar-refractivity contribution in [2.45, 2.75) is 0 Å². The van der Waals surface area contributed by atoms with Crippen molar-refractivity contribution in [1.82, 2.24) is 0 Å². The minimum Gasteiger partial charge on any atom is -0.149 e. The van der Waals surface area contributed by atoms with Crippen LogP contribution in [0.2, 0.25) is 10.0 Å². The van der Waals surface area contributed by atoms with Crippen LogP contribution in [0.5, 0.6) is 0 Å². The number of hydrogen-bond donors (Lipinski definition) is 0. The second kappa shape index (κ2) is 5.10. The Bertz CT molecular complexity index is 476. The smallest absolute Gasteiger partial charge is 0.104 e. The Labute approximate surface area is 104 Å². The van der Waals surface area contributed by atoms with E-state index in [1.165, 1.54) is 0 Å². The third-order valence-corrected chi connectivity index (χ3v) is 2.61. The summed E-state index contributed by atoms with van der Waals surface area (Å²) in [5.41, 5.74) is 1.26. The van der Waals surface area contributed by atoms with Crippen molar-refractivity contribution in [1.29, 1.82) is 0 Å². The summed E-state index contributed by atoms with van der Waals surface area (Å²) in [7, 11) is 0. The predicted octanol–water partition coefficient (Wildman–Crippen LogP) is 5.41. The zero-order chi connectivity index (χ0) is 11.4. The fourth-order valence-electron chi connectivity index (χ4n) is 1.17. The Morgan fingerprint density at radius 3 is 1.38 bits per heavy atom. The molecule has 0 aromatic heterocycles. The lowest BCUT2D eigenvalue weighted by Crippen LogP contribution is -1.68. The Balaban J connectivity index is 2.29. The molecule has 0 saturated heterocycles. The molecule has 2 aromatic rings. The van der Waals surface area contributed by atoms with Gasteiger partial charge in [-0.05, 0) is 24.3 Å². The molecule has 0 N–H and O–H groups in total. The lowest BCUT2D eigenvalue weighted by molar-refractivity contribution is 1.23. The highest BCUT2D eigenvalue weighted by Crippen LogP contribution is 2.29. The Morgan fingerprint density at radius 2 is 1.00 bits per heavy atom. The van der Waals surface area contributed by atoms with E-state index in [1.54, 1.807) is 24.3 Å². The summed E-state index contributed by atoms with van der Waals surface area (Å²) in [6.45, 7) is 0. The van der Waals surface area contributed by atoms with Crippen LogP contribution in [0.3, 0.4) is 0 Å². The first-order valence-electron chi connectivity index (χ1n) is 4.68. The number of halogens is 2.